The van der Waals surface area contributed by atoms with Gasteiger partial charge in [-0.25, -0.2) is 4.98 Å². The van der Waals surface area contributed by atoms with Crippen LogP contribution in [0, 0.1) is 6.92 Å². The van der Waals surface area contributed by atoms with Gasteiger partial charge in [0.1, 0.15) is 5.82 Å². The molecule has 0 radical (unpaired) electrons. The summed E-state index contributed by atoms with van der Waals surface area (Å²) in [6.45, 7) is 2.89. The van der Waals surface area contributed by atoms with Gasteiger partial charge >= 0.3 is 0 Å². The third kappa shape index (κ3) is 1.42. The molecule has 13 heavy (non-hydrogen) atoms. The third-order valence-corrected chi connectivity index (χ3v) is 2.10. The van der Waals surface area contributed by atoms with Crippen molar-refractivity contribution in [3.63, 3.8) is 0 Å². The molecule has 2 aromatic rings. The molecule has 3 heteroatoms. The molecule has 0 atom stereocenters. The van der Waals surface area contributed by atoms with Gasteiger partial charge in [0.15, 0.2) is 0 Å². The molecule has 0 saturated carbocycles. The lowest BCUT2D eigenvalue weighted by molar-refractivity contribution is 0.755. The van der Waals surface area contributed by atoms with Gasteiger partial charge < -0.3 is 9.72 Å². The second-order valence-corrected chi connectivity index (χ2v) is 3.20. The number of aryl methyl sites for hydroxylation is 1. The Morgan fingerprint density at radius 3 is 3.15 bits per heavy atom. The fourth-order valence-electron chi connectivity index (χ4n) is 1.46. The van der Waals surface area contributed by atoms with E-state index < -0.39 is 0 Å². The van der Waals surface area contributed by atoms with Gasteiger partial charge in [0.2, 0.25) is 0 Å². The molecule has 0 unspecified atom stereocenters. The zero-order valence-corrected chi connectivity index (χ0v) is 7.91. The SMILES string of the molecule is CNCc1ncc2cc(C)ccn12. The highest BCUT2D eigenvalue weighted by Gasteiger charge is 2.00. The van der Waals surface area contributed by atoms with Crippen LogP contribution in [0.5, 0.6) is 0 Å². The molecule has 0 spiro atoms. The highest BCUT2D eigenvalue weighted by Crippen LogP contribution is 2.08. The fraction of sp³-hybridized carbons (Fsp3) is 0.300. The van der Waals surface area contributed by atoms with Gasteiger partial charge in [-0.05, 0) is 31.7 Å². The standard InChI is InChI=1S/C10H13N3/c1-8-3-4-13-9(5-8)6-12-10(13)7-11-2/h3-6,11H,7H2,1-2H3. The zero-order valence-electron chi connectivity index (χ0n) is 7.91. The number of hydrogen-bond donors (Lipinski definition) is 1. The Bertz CT molecular complexity index is 417. The van der Waals surface area contributed by atoms with Crippen molar-refractivity contribution in [2.24, 2.45) is 0 Å². The number of rotatable bonds is 2. The van der Waals surface area contributed by atoms with Crippen molar-refractivity contribution >= 4 is 5.52 Å². The molecule has 1 N–H and O–H groups in total. The molecule has 0 aliphatic heterocycles. The van der Waals surface area contributed by atoms with Crippen molar-refractivity contribution < 1.29 is 0 Å². The number of hydrogen-bond acceptors (Lipinski definition) is 2. The smallest absolute Gasteiger partial charge is 0.127 e. The van der Waals surface area contributed by atoms with Crippen LogP contribution in [0.25, 0.3) is 5.52 Å². The van der Waals surface area contributed by atoms with Gasteiger partial charge in [-0.2, -0.15) is 0 Å². The number of nitrogens with one attached hydrogen (secondary N) is 1. The lowest BCUT2D eigenvalue weighted by Gasteiger charge is -2.00. The van der Waals surface area contributed by atoms with Crippen LogP contribution in [0.2, 0.25) is 0 Å². The molecule has 0 fully saturated rings. The summed E-state index contributed by atoms with van der Waals surface area (Å²) < 4.78 is 2.10. The van der Waals surface area contributed by atoms with E-state index in [0.29, 0.717) is 0 Å². The first-order valence-corrected chi connectivity index (χ1v) is 4.38. The molecule has 0 aromatic carbocycles. The van der Waals surface area contributed by atoms with Gasteiger partial charge in [0, 0.05) is 6.20 Å². The molecule has 2 aromatic heterocycles. The van der Waals surface area contributed by atoms with Gasteiger partial charge in [-0.1, -0.05) is 0 Å². The number of pyridine rings is 1. The van der Waals surface area contributed by atoms with Crippen LogP contribution in [0.15, 0.2) is 24.5 Å². The normalized spacial score (nSPS) is 10.9. The van der Waals surface area contributed by atoms with Crippen LogP contribution in [0.3, 0.4) is 0 Å². The Labute approximate surface area is 77.4 Å². The Morgan fingerprint density at radius 2 is 2.38 bits per heavy atom. The summed E-state index contributed by atoms with van der Waals surface area (Å²) in [4.78, 5) is 4.33. The van der Waals surface area contributed by atoms with Crippen LogP contribution in [-0.4, -0.2) is 16.4 Å². The molecule has 2 heterocycles. The second-order valence-electron chi connectivity index (χ2n) is 3.20. The molecule has 0 saturated heterocycles. The molecule has 0 amide bonds. The zero-order chi connectivity index (χ0) is 9.26. The summed E-state index contributed by atoms with van der Waals surface area (Å²) in [5, 5.41) is 3.09. The summed E-state index contributed by atoms with van der Waals surface area (Å²) in [5.41, 5.74) is 2.42. The maximum Gasteiger partial charge on any atom is 0.127 e. The lowest BCUT2D eigenvalue weighted by atomic mass is 10.3. The minimum Gasteiger partial charge on any atom is -0.313 e. The van der Waals surface area contributed by atoms with Gasteiger partial charge in [0.05, 0.1) is 18.3 Å². The van der Waals surface area contributed by atoms with E-state index in [2.05, 4.69) is 40.0 Å². The van der Waals surface area contributed by atoms with E-state index in [-0.39, 0.29) is 0 Å². The molecule has 2 rings (SSSR count). The van der Waals surface area contributed by atoms with Crippen LogP contribution >= 0.6 is 0 Å². The Morgan fingerprint density at radius 1 is 1.54 bits per heavy atom. The number of nitrogens with zero attached hydrogens (tertiary/aromatic N) is 2. The number of fused-ring (bicyclic) bond motifs is 1. The van der Waals surface area contributed by atoms with E-state index in [9.17, 15) is 0 Å². The van der Waals surface area contributed by atoms with Gasteiger partial charge in [-0.3, -0.25) is 0 Å². The van der Waals surface area contributed by atoms with Crippen LogP contribution in [-0.2, 0) is 6.54 Å². The van der Waals surface area contributed by atoms with Gasteiger partial charge in [-0.15, -0.1) is 0 Å². The van der Waals surface area contributed by atoms with Crippen molar-refractivity contribution in [1.29, 1.82) is 0 Å². The Balaban J connectivity index is 2.55. The summed E-state index contributed by atoms with van der Waals surface area (Å²) in [6, 6.07) is 4.22. The lowest BCUT2D eigenvalue weighted by Crippen LogP contribution is -2.08. The highest BCUT2D eigenvalue weighted by atomic mass is 15.0. The van der Waals surface area contributed by atoms with Gasteiger partial charge in [0.25, 0.3) is 0 Å². The maximum atomic E-state index is 4.33. The average Bonchev–Trinajstić information content (AvgIpc) is 2.49. The average molecular weight is 175 g/mol. The van der Waals surface area contributed by atoms with Crippen molar-refractivity contribution in [2.45, 2.75) is 13.5 Å². The van der Waals surface area contributed by atoms with E-state index >= 15 is 0 Å². The predicted octanol–water partition coefficient (Wildman–Crippen LogP) is 1.36. The fourth-order valence-corrected chi connectivity index (χ4v) is 1.46. The van der Waals surface area contributed by atoms with E-state index in [0.717, 1.165) is 17.9 Å². The molecule has 0 bridgehead atoms. The van der Waals surface area contributed by atoms with Crippen molar-refractivity contribution in [2.75, 3.05) is 7.05 Å². The molecule has 0 aliphatic carbocycles. The van der Waals surface area contributed by atoms with E-state index in [1.807, 2.05) is 13.2 Å². The van der Waals surface area contributed by atoms with E-state index in [1.54, 1.807) is 0 Å². The van der Waals surface area contributed by atoms with Crippen molar-refractivity contribution in [3.8, 4) is 0 Å². The highest BCUT2D eigenvalue weighted by molar-refractivity contribution is 5.48. The summed E-state index contributed by atoms with van der Waals surface area (Å²) >= 11 is 0. The molecule has 68 valence electrons. The molecular weight excluding hydrogens is 162 g/mol. The third-order valence-electron chi connectivity index (χ3n) is 2.10. The molecule has 3 nitrogen and oxygen atoms in total. The summed E-state index contributed by atoms with van der Waals surface area (Å²) in [6.07, 6.45) is 3.96. The second kappa shape index (κ2) is 3.18. The molecule has 0 aliphatic rings. The first-order valence-electron chi connectivity index (χ1n) is 4.38. The van der Waals surface area contributed by atoms with Crippen molar-refractivity contribution in [3.05, 3.63) is 35.9 Å². The minimum atomic E-state index is 0.803. The van der Waals surface area contributed by atoms with E-state index in [4.69, 9.17) is 0 Å². The first-order chi connectivity index (χ1) is 6.31. The first kappa shape index (κ1) is 8.26. The number of imidazole rings is 1. The summed E-state index contributed by atoms with van der Waals surface area (Å²) in [5.74, 6) is 1.05. The van der Waals surface area contributed by atoms with Crippen LogP contribution in [0.1, 0.15) is 11.4 Å². The minimum absolute atomic E-state index is 0.803. The predicted molar refractivity (Wildman–Crippen MR) is 52.7 cm³/mol. The van der Waals surface area contributed by atoms with E-state index in [1.165, 1.54) is 5.56 Å². The molecular formula is C10H13N3. The number of aromatic nitrogens is 2. The maximum absolute atomic E-state index is 4.33. The monoisotopic (exact) mass is 175 g/mol. The largest absolute Gasteiger partial charge is 0.313 e. The Kier molecular flexibility index (Phi) is 2.02. The quantitative estimate of drug-likeness (QED) is 0.746. The Hall–Kier alpha value is -1.35. The topological polar surface area (TPSA) is 29.3 Å². The van der Waals surface area contributed by atoms with Crippen molar-refractivity contribution in [1.82, 2.24) is 14.7 Å². The van der Waals surface area contributed by atoms with Crippen LogP contribution in [0.4, 0.5) is 0 Å². The summed E-state index contributed by atoms with van der Waals surface area (Å²) in [7, 11) is 1.93. The van der Waals surface area contributed by atoms with Crippen LogP contribution < -0.4 is 5.32 Å².